The van der Waals surface area contributed by atoms with Crippen molar-refractivity contribution in [1.82, 2.24) is 34.3 Å². The summed E-state index contributed by atoms with van der Waals surface area (Å²) in [5.74, 6) is 0.207. The standard InChI is InChI=1S/C17H17N7O2S/c1-11(14-8-22-16(20-14)27-10-18-22)19-15(25)9-23-17(26)24(12(2)21-23)13-6-4-3-5-7-13/h3-8,10-11H,9H2,1-2H3,(H,19,25)/t11-/m0/s1. The molecule has 0 radical (unpaired) electrons. The number of imidazole rings is 1. The maximum atomic E-state index is 12.6. The second kappa shape index (κ2) is 6.80. The summed E-state index contributed by atoms with van der Waals surface area (Å²) in [4.78, 5) is 30.2. The van der Waals surface area contributed by atoms with Gasteiger partial charge in [0.05, 0.1) is 23.6 Å². The molecule has 1 atom stereocenters. The Morgan fingerprint density at radius 2 is 2.07 bits per heavy atom. The summed E-state index contributed by atoms with van der Waals surface area (Å²) in [5, 5.41) is 11.2. The van der Waals surface area contributed by atoms with Crippen molar-refractivity contribution >= 4 is 22.2 Å². The molecule has 10 heteroatoms. The molecule has 0 unspecified atom stereocenters. The number of benzene rings is 1. The van der Waals surface area contributed by atoms with Gasteiger partial charge in [-0.15, -0.1) is 0 Å². The lowest BCUT2D eigenvalue weighted by Gasteiger charge is -2.10. The van der Waals surface area contributed by atoms with E-state index in [1.54, 1.807) is 23.1 Å². The average molecular weight is 383 g/mol. The first kappa shape index (κ1) is 17.2. The maximum absolute atomic E-state index is 12.6. The molecule has 0 bridgehead atoms. The topological polar surface area (TPSA) is 99.1 Å². The van der Waals surface area contributed by atoms with Gasteiger partial charge in [0.2, 0.25) is 10.9 Å². The molecule has 3 heterocycles. The van der Waals surface area contributed by atoms with Gasteiger partial charge < -0.3 is 5.32 Å². The highest BCUT2D eigenvalue weighted by Gasteiger charge is 2.17. The molecule has 1 N–H and O–H groups in total. The number of amides is 1. The third-order valence-electron chi connectivity index (χ3n) is 4.13. The predicted molar refractivity (Wildman–Crippen MR) is 100.0 cm³/mol. The molecule has 3 aromatic heterocycles. The molecule has 4 rings (SSSR count). The van der Waals surface area contributed by atoms with Crippen LogP contribution in [0.25, 0.3) is 10.6 Å². The van der Waals surface area contributed by atoms with Crippen LogP contribution in [0.15, 0.2) is 46.8 Å². The van der Waals surface area contributed by atoms with Gasteiger partial charge >= 0.3 is 5.69 Å². The summed E-state index contributed by atoms with van der Waals surface area (Å²) in [7, 11) is 0. The molecule has 0 saturated carbocycles. The fourth-order valence-electron chi connectivity index (χ4n) is 2.85. The Morgan fingerprint density at radius 3 is 2.81 bits per heavy atom. The van der Waals surface area contributed by atoms with Crippen LogP contribution in [-0.2, 0) is 11.3 Å². The molecule has 0 aliphatic carbocycles. The summed E-state index contributed by atoms with van der Waals surface area (Å²) in [6.45, 7) is 3.40. The van der Waals surface area contributed by atoms with Gasteiger partial charge in [0.1, 0.15) is 17.9 Å². The quantitative estimate of drug-likeness (QED) is 0.560. The first-order valence-electron chi connectivity index (χ1n) is 8.33. The van der Waals surface area contributed by atoms with E-state index in [0.29, 0.717) is 17.2 Å². The summed E-state index contributed by atoms with van der Waals surface area (Å²) in [5.41, 5.74) is 2.77. The number of carbonyl (C=O) groups excluding carboxylic acids is 1. The molecule has 0 aliphatic rings. The number of aryl methyl sites for hydroxylation is 1. The SMILES string of the molecule is Cc1nn(CC(=O)N[C@@H](C)c2cn3ncsc3n2)c(=O)n1-c1ccccc1. The van der Waals surface area contributed by atoms with Gasteiger partial charge in [-0.2, -0.15) is 10.2 Å². The Balaban J connectivity index is 1.50. The predicted octanol–water partition coefficient (Wildman–Crippen LogP) is 1.32. The number of fused-ring (bicyclic) bond motifs is 1. The fourth-order valence-corrected chi connectivity index (χ4v) is 3.46. The number of nitrogens with one attached hydrogen (secondary N) is 1. The second-order valence-electron chi connectivity index (χ2n) is 6.08. The van der Waals surface area contributed by atoms with E-state index in [0.717, 1.165) is 9.64 Å². The van der Waals surface area contributed by atoms with Crippen molar-refractivity contribution in [2.45, 2.75) is 26.4 Å². The lowest BCUT2D eigenvalue weighted by Crippen LogP contribution is -2.34. The minimum Gasteiger partial charge on any atom is -0.346 e. The van der Waals surface area contributed by atoms with E-state index in [-0.39, 0.29) is 24.2 Å². The Labute approximate surface area is 157 Å². The first-order valence-corrected chi connectivity index (χ1v) is 9.21. The minimum atomic E-state index is -0.354. The average Bonchev–Trinajstić information content (AvgIpc) is 3.30. The number of rotatable bonds is 5. The Morgan fingerprint density at radius 1 is 1.30 bits per heavy atom. The molecule has 27 heavy (non-hydrogen) atoms. The van der Waals surface area contributed by atoms with Crippen LogP contribution in [0.1, 0.15) is 24.5 Å². The van der Waals surface area contributed by atoms with Crippen molar-refractivity contribution in [1.29, 1.82) is 0 Å². The van der Waals surface area contributed by atoms with Gasteiger partial charge in [0.15, 0.2) is 0 Å². The summed E-state index contributed by atoms with van der Waals surface area (Å²) in [6, 6.07) is 8.90. The van der Waals surface area contributed by atoms with Gasteiger partial charge in [-0.25, -0.2) is 23.5 Å². The normalized spacial score (nSPS) is 12.4. The monoisotopic (exact) mass is 383 g/mol. The summed E-state index contributed by atoms with van der Waals surface area (Å²) >= 11 is 1.42. The number of para-hydroxylation sites is 1. The Kier molecular flexibility index (Phi) is 4.32. The third-order valence-corrected chi connectivity index (χ3v) is 4.82. The molecule has 1 amide bonds. The number of carbonyl (C=O) groups is 1. The lowest BCUT2D eigenvalue weighted by molar-refractivity contribution is -0.122. The molecule has 0 aliphatic heterocycles. The maximum Gasteiger partial charge on any atom is 0.351 e. The van der Waals surface area contributed by atoms with Crippen molar-refractivity contribution in [3.05, 3.63) is 64.0 Å². The van der Waals surface area contributed by atoms with Crippen LogP contribution in [0.3, 0.4) is 0 Å². The summed E-state index contributed by atoms with van der Waals surface area (Å²) < 4.78 is 4.31. The zero-order valence-corrected chi connectivity index (χ0v) is 15.6. The zero-order valence-electron chi connectivity index (χ0n) is 14.7. The fraction of sp³-hybridized carbons (Fsp3) is 0.235. The van der Waals surface area contributed by atoms with E-state index >= 15 is 0 Å². The van der Waals surface area contributed by atoms with E-state index in [1.807, 2.05) is 37.3 Å². The highest BCUT2D eigenvalue weighted by Crippen LogP contribution is 2.15. The number of aromatic nitrogens is 6. The molecule has 0 fully saturated rings. The van der Waals surface area contributed by atoms with Crippen LogP contribution in [0.5, 0.6) is 0 Å². The highest BCUT2D eigenvalue weighted by molar-refractivity contribution is 7.14. The van der Waals surface area contributed by atoms with Gasteiger partial charge in [-0.1, -0.05) is 29.5 Å². The highest BCUT2D eigenvalue weighted by atomic mass is 32.1. The molecule has 138 valence electrons. The molecule has 9 nitrogen and oxygen atoms in total. The van der Waals surface area contributed by atoms with Gasteiger partial charge in [-0.05, 0) is 26.0 Å². The minimum absolute atomic E-state index is 0.162. The van der Waals surface area contributed by atoms with Crippen molar-refractivity contribution in [2.24, 2.45) is 0 Å². The van der Waals surface area contributed by atoms with E-state index in [1.165, 1.54) is 15.9 Å². The Hall–Kier alpha value is -3.27. The van der Waals surface area contributed by atoms with Gasteiger partial charge in [0.25, 0.3) is 0 Å². The molecule has 1 aromatic carbocycles. The first-order chi connectivity index (χ1) is 13.0. The molecule has 0 spiro atoms. The van der Waals surface area contributed by atoms with Crippen LogP contribution in [0.4, 0.5) is 0 Å². The van der Waals surface area contributed by atoms with Crippen molar-refractivity contribution < 1.29 is 4.79 Å². The Bertz CT molecular complexity index is 1130. The van der Waals surface area contributed by atoms with Crippen LogP contribution < -0.4 is 11.0 Å². The second-order valence-corrected chi connectivity index (χ2v) is 6.89. The zero-order chi connectivity index (χ0) is 19.0. The van der Waals surface area contributed by atoms with Crippen LogP contribution in [-0.4, -0.2) is 34.9 Å². The van der Waals surface area contributed by atoms with E-state index in [4.69, 9.17) is 0 Å². The van der Waals surface area contributed by atoms with Crippen LogP contribution in [0.2, 0.25) is 0 Å². The number of hydrogen-bond acceptors (Lipinski definition) is 6. The van der Waals surface area contributed by atoms with Gasteiger partial charge in [0, 0.05) is 0 Å². The smallest absolute Gasteiger partial charge is 0.346 e. The molecule has 0 saturated heterocycles. The molecule has 4 aromatic rings. The number of hydrogen-bond donors (Lipinski definition) is 1. The van der Waals surface area contributed by atoms with Gasteiger partial charge in [-0.3, -0.25) is 4.79 Å². The van der Waals surface area contributed by atoms with Crippen LogP contribution >= 0.6 is 11.3 Å². The summed E-state index contributed by atoms with van der Waals surface area (Å²) in [6.07, 6.45) is 1.78. The molecular formula is C17H17N7O2S. The largest absolute Gasteiger partial charge is 0.351 e. The van der Waals surface area contributed by atoms with Crippen molar-refractivity contribution in [2.75, 3.05) is 0 Å². The lowest BCUT2D eigenvalue weighted by atomic mass is 10.2. The van der Waals surface area contributed by atoms with Crippen molar-refractivity contribution in [3.8, 4) is 5.69 Å². The van der Waals surface area contributed by atoms with Crippen molar-refractivity contribution in [3.63, 3.8) is 0 Å². The van der Waals surface area contributed by atoms with E-state index < -0.39 is 0 Å². The molecular weight excluding hydrogens is 366 g/mol. The van der Waals surface area contributed by atoms with E-state index in [2.05, 4.69) is 20.5 Å². The third kappa shape index (κ3) is 3.26. The van der Waals surface area contributed by atoms with E-state index in [9.17, 15) is 9.59 Å². The van der Waals surface area contributed by atoms with Crippen LogP contribution in [0, 0.1) is 6.92 Å². The number of nitrogens with zero attached hydrogens (tertiary/aromatic N) is 6.